The first-order valence-electron chi connectivity index (χ1n) is 6.27. The Morgan fingerprint density at radius 2 is 2.06 bits per heavy atom. The zero-order valence-electron chi connectivity index (χ0n) is 11.2. The SMILES string of the molecule is Cc1nc(C#N)cc(N(C)C2CCN(C)CC2)n1. The number of nitrogens with zero attached hydrogens (tertiary/aromatic N) is 5. The topological polar surface area (TPSA) is 56.1 Å². The summed E-state index contributed by atoms with van der Waals surface area (Å²) in [6.07, 6.45) is 2.27. The van der Waals surface area contributed by atoms with E-state index in [1.165, 1.54) is 0 Å². The van der Waals surface area contributed by atoms with Crippen LogP contribution in [-0.4, -0.2) is 48.1 Å². The van der Waals surface area contributed by atoms with Gasteiger partial charge in [0, 0.05) is 19.2 Å². The van der Waals surface area contributed by atoms with Crippen molar-refractivity contribution in [2.75, 3.05) is 32.1 Å². The van der Waals surface area contributed by atoms with E-state index in [-0.39, 0.29) is 0 Å². The summed E-state index contributed by atoms with van der Waals surface area (Å²) >= 11 is 0. The van der Waals surface area contributed by atoms with E-state index in [0.717, 1.165) is 31.7 Å². The van der Waals surface area contributed by atoms with Gasteiger partial charge < -0.3 is 9.80 Å². The van der Waals surface area contributed by atoms with Crippen LogP contribution in [0.25, 0.3) is 0 Å². The third-order valence-electron chi connectivity index (χ3n) is 3.54. The number of hydrogen-bond acceptors (Lipinski definition) is 5. The lowest BCUT2D eigenvalue weighted by Crippen LogP contribution is -2.42. The number of rotatable bonds is 2. The average Bonchev–Trinajstić information content (AvgIpc) is 2.38. The van der Waals surface area contributed by atoms with Crippen LogP contribution in [0.1, 0.15) is 24.4 Å². The summed E-state index contributed by atoms with van der Waals surface area (Å²) in [6.45, 7) is 4.06. The molecule has 1 aliphatic heterocycles. The Morgan fingerprint density at radius 3 is 2.67 bits per heavy atom. The molecule has 1 saturated heterocycles. The van der Waals surface area contributed by atoms with Crippen LogP contribution in [-0.2, 0) is 0 Å². The molecular formula is C13H19N5. The molecule has 0 atom stereocenters. The number of aromatic nitrogens is 2. The van der Waals surface area contributed by atoms with E-state index in [2.05, 4.69) is 39.9 Å². The number of likely N-dealkylation sites (tertiary alicyclic amines) is 1. The number of piperidine rings is 1. The van der Waals surface area contributed by atoms with Crippen molar-refractivity contribution >= 4 is 5.82 Å². The molecule has 1 aliphatic rings. The molecule has 0 saturated carbocycles. The predicted octanol–water partition coefficient (Wildman–Crippen LogP) is 1.19. The van der Waals surface area contributed by atoms with Crippen molar-refractivity contribution in [3.63, 3.8) is 0 Å². The quantitative estimate of drug-likeness (QED) is 0.783. The highest BCUT2D eigenvalue weighted by Gasteiger charge is 2.22. The molecule has 0 N–H and O–H groups in total. The van der Waals surface area contributed by atoms with Crippen LogP contribution in [0.3, 0.4) is 0 Å². The summed E-state index contributed by atoms with van der Waals surface area (Å²) in [7, 11) is 4.21. The smallest absolute Gasteiger partial charge is 0.146 e. The molecule has 0 unspecified atom stereocenters. The minimum atomic E-state index is 0.442. The molecule has 5 heteroatoms. The molecular weight excluding hydrogens is 226 g/mol. The van der Waals surface area contributed by atoms with E-state index in [1.807, 2.05) is 6.92 Å². The minimum Gasteiger partial charge on any atom is -0.356 e. The molecule has 0 spiro atoms. The lowest BCUT2D eigenvalue weighted by atomic mass is 10.0. The summed E-state index contributed by atoms with van der Waals surface area (Å²) in [5, 5.41) is 8.95. The molecule has 2 heterocycles. The van der Waals surface area contributed by atoms with Crippen LogP contribution in [0.2, 0.25) is 0 Å². The van der Waals surface area contributed by atoms with Gasteiger partial charge in [0.05, 0.1) is 0 Å². The van der Waals surface area contributed by atoms with Crippen LogP contribution < -0.4 is 4.90 Å². The third kappa shape index (κ3) is 2.77. The van der Waals surface area contributed by atoms with E-state index in [1.54, 1.807) is 6.07 Å². The molecule has 1 aromatic rings. The van der Waals surface area contributed by atoms with Gasteiger partial charge in [0.15, 0.2) is 0 Å². The van der Waals surface area contributed by atoms with Crippen LogP contribution in [0.15, 0.2) is 6.07 Å². The Kier molecular flexibility index (Phi) is 3.78. The molecule has 0 aromatic carbocycles. The van der Waals surface area contributed by atoms with E-state index in [4.69, 9.17) is 5.26 Å². The summed E-state index contributed by atoms with van der Waals surface area (Å²) in [5.41, 5.74) is 0.442. The molecule has 5 nitrogen and oxygen atoms in total. The Balaban J connectivity index is 2.16. The van der Waals surface area contributed by atoms with Crippen molar-refractivity contribution in [2.45, 2.75) is 25.8 Å². The molecule has 2 rings (SSSR count). The Labute approximate surface area is 108 Å². The molecule has 96 valence electrons. The van der Waals surface area contributed by atoms with Gasteiger partial charge in [-0.05, 0) is 39.9 Å². The average molecular weight is 245 g/mol. The van der Waals surface area contributed by atoms with Gasteiger partial charge in [-0.3, -0.25) is 0 Å². The lowest BCUT2D eigenvalue weighted by Gasteiger charge is -2.35. The van der Waals surface area contributed by atoms with Crippen molar-refractivity contribution in [1.82, 2.24) is 14.9 Å². The van der Waals surface area contributed by atoms with Crippen LogP contribution >= 0.6 is 0 Å². The largest absolute Gasteiger partial charge is 0.356 e. The molecule has 1 aromatic heterocycles. The normalized spacial score (nSPS) is 17.4. The second kappa shape index (κ2) is 5.32. The highest BCUT2D eigenvalue weighted by molar-refractivity contribution is 5.43. The van der Waals surface area contributed by atoms with Crippen LogP contribution in [0, 0.1) is 18.3 Å². The molecule has 0 aliphatic carbocycles. The van der Waals surface area contributed by atoms with Crippen molar-refractivity contribution in [1.29, 1.82) is 5.26 Å². The maximum Gasteiger partial charge on any atom is 0.146 e. The Hall–Kier alpha value is -1.67. The first kappa shape index (κ1) is 12.8. The molecule has 0 amide bonds. The van der Waals surface area contributed by atoms with E-state index in [9.17, 15) is 0 Å². The van der Waals surface area contributed by atoms with Crippen molar-refractivity contribution in [3.05, 3.63) is 17.6 Å². The number of hydrogen-bond donors (Lipinski definition) is 0. The van der Waals surface area contributed by atoms with Gasteiger partial charge in [-0.15, -0.1) is 0 Å². The van der Waals surface area contributed by atoms with Gasteiger partial charge in [-0.25, -0.2) is 9.97 Å². The van der Waals surface area contributed by atoms with Gasteiger partial charge >= 0.3 is 0 Å². The first-order chi connectivity index (χ1) is 8.60. The lowest BCUT2D eigenvalue weighted by molar-refractivity contribution is 0.252. The fourth-order valence-electron chi connectivity index (χ4n) is 2.36. The van der Waals surface area contributed by atoms with Crippen LogP contribution in [0.4, 0.5) is 5.82 Å². The van der Waals surface area contributed by atoms with Crippen LogP contribution in [0.5, 0.6) is 0 Å². The van der Waals surface area contributed by atoms with Crippen molar-refractivity contribution < 1.29 is 0 Å². The second-order valence-electron chi connectivity index (χ2n) is 4.92. The molecule has 1 fully saturated rings. The Bertz CT molecular complexity index is 457. The van der Waals surface area contributed by atoms with Gasteiger partial charge in [0.25, 0.3) is 0 Å². The molecule has 0 bridgehead atoms. The summed E-state index contributed by atoms with van der Waals surface area (Å²) < 4.78 is 0. The zero-order chi connectivity index (χ0) is 13.1. The van der Waals surface area contributed by atoms with Gasteiger partial charge in [-0.1, -0.05) is 0 Å². The van der Waals surface area contributed by atoms with Gasteiger partial charge in [0.2, 0.25) is 0 Å². The van der Waals surface area contributed by atoms with Crippen molar-refractivity contribution in [3.8, 4) is 6.07 Å². The van der Waals surface area contributed by atoms with E-state index in [0.29, 0.717) is 17.6 Å². The second-order valence-corrected chi connectivity index (χ2v) is 4.92. The van der Waals surface area contributed by atoms with E-state index < -0.39 is 0 Å². The number of anilines is 1. The summed E-state index contributed by atoms with van der Waals surface area (Å²) in [5.74, 6) is 1.51. The fraction of sp³-hybridized carbons (Fsp3) is 0.615. The predicted molar refractivity (Wildman–Crippen MR) is 70.4 cm³/mol. The van der Waals surface area contributed by atoms with Gasteiger partial charge in [0.1, 0.15) is 23.4 Å². The minimum absolute atomic E-state index is 0.442. The number of aryl methyl sites for hydroxylation is 1. The molecule has 0 radical (unpaired) electrons. The maximum absolute atomic E-state index is 8.95. The monoisotopic (exact) mass is 245 g/mol. The van der Waals surface area contributed by atoms with Crippen molar-refractivity contribution in [2.24, 2.45) is 0 Å². The zero-order valence-corrected chi connectivity index (χ0v) is 11.2. The highest BCUT2D eigenvalue weighted by Crippen LogP contribution is 2.20. The number of nitriles is 1. The van der Waals surface area contributed by atoms with Gasteiger partial charge in [-0.2, -0.15) is 5.26 Å². The maximum atomic E-state index is 8.95. The third-order valence-corrected chi connectivity index (χ3v) is 3.54. The standard InChI is InChI=1S/C13H19N5/c1-10-15-11(9-14)8-13(16-10)18(3)12-4-6-17(2)7-5-12/h8,12H,4-7H2,1-3H3. The molecule has 18 heavy (non-hydrogen) atoms. The summed E-state index contributed by atoms with van der Waals surface area (Å²) in [6, 6.07) is 4.36. The Morgan fingerprint density at radius 1 is 1.39 bits per heavy atom. The fourth-order valence-corrected chi connectivity index (χ4v) is 2.36. The summed E-state index contributed by atoms with van der Waals surface area (Å²) in [4.78, 5) is 13.0. The van der Waals surface area contributed by atoms with E-state index >= 15 is 0 Å². The highest BCUT2D eigenvalue weighted by atomic mass is 15.2. The first-order valence-corrected chi connectivity index (χ1v) is 6.27.